The maximum absolute atomic E-state index is 5.77. The van der Waals surface area contributed by atoms with Crippen molar-refractivity contribution in [2.45, 2.75) is 38.6 Å². The van der Waals surface area contributed by atoms with Gasteiger partial charge < -0.3 is 4.90 Å². The number of hydrogen-bond acceptors (Lipinski definition) is 3. The summed E-state index contributed by atoms with van der Waals surface area (Å²) < 4.78 is 0. The molecule has 1 aromatic heterocycles. The smallest absolute Gasteiger partial charge is 0.0928 e. The zero-order valence-corrected chi connectivity index (χ0v) is 14.4. The van der Waals surface area contributed by atoms with Gasteiger partial charge in [-0.3, -0.25) is 0 Å². The molecule has 0 unspecified atom stereocenters. The lowest BCUT2D eigenvalue weighted by Gasteiger charge is -2.17. The van der Waals surface area contributed by atoms with Crippen LogP contribution in [0.3, 0.4) is 0 Å². The van der Waals surface area contributed by atoms with Crippen LogP contribution in [0.25, 0.3) is 0 Å². The van der Waals surface area contributed by atoms with Crippen LogP contribution in [0.5, 0.6) is 0 Å². The maximum atomic E-state index is 5.77. The zero-order valence-electron chi connectivity index (χ0n) is 12.8. The van der Waals surface area contributed by atoms with E-state index in [-0.39, 0.29) is 0 Å². The second-order valence-electron chi connectivity index (χ2n) is 5.49. The van der Waals surface area contributed by atoms with E-state index >= 15 is 0 Å². The SMILES string of the molecule is Cc1ccccc1CN(C)CCCCc1nc(CCl)cs1. The molecule has 0 saturated heterocycles. The lowest BCUT2D eigenvalue weighted by atomic mass is 10.1. The van der Waals surface area contributed by atoms with Gasteiger partial charge in [-0.2, -0.15) is 0 Å². The molecule has 0 radical (unpaired) electrons. The third-order valence-corrected chi connectivity index (χ3v) is 4.85. The summed E-state index contributed by atoms with van der Waals surface area (Å²) in [6.07, 6.45) is 3.46. The highest BCUT2D eigenvalue weighted by Gasteiger charge is 2.04. The molecule has 114 valence electrons. The summed E-state index contributed by atoms with van der Waals surface area (Å²) in [5.74, 6) is 0.523. The molecule has 4 heteroatoms. The van der Waals surface area contributed by atoms with Crippen molar-refractivity contribution in [1.29, 1.82) is 0 Å². The number of halogens is 1. The van der Waals surface area contributed by atoms with Gasteiger partial charge in [-0.1, -0.05) is 24.3 Å². The second-order valence-corrected chi connectivity index (χ2v) is 6.70. The van der Waals surface area contributed by atoms with Crippen LogP contribution in [0.2, 0.25) is 0 Å². The first-order valence-corrected chi connectivity index (χ1v) is 8.82. The maximum Gasteiger partial charge on any atom is 0.0928 e. The van der Waals surface area contributed by atoms with Crippen molar-refractivity contribution in [2.24, 2.45) is 0 Å². The van der Waals surface area contributed by atoms with Crippen LogP contribution < -0.4 is 0 Å². The van der Waals surface area contributed by atoms with Gasteiger partial charge in [0.1, 0.15) is 0 Å². The van der Waals surface area contributed by atoms with Crippen molar-refractivity contribution in [2.75, 3.05) is 13.6 Å². The number of benzene rings is 1. The summed E-state index contributed by atoms with van der Waals surface area (Å²) in [7, 11) is 2.20. The number of hydrogen-bond donors (Lipinski definition) is 0. The first kappa shape index (κ1) is 16.5. The largest absolute Gasteiger partial charge is 0.302 e. The van der Waals surface area contributed by atoms with Crippen molar-refractivity contribution >= 4 is 22.9 Å². The van der Waals surface area contributed by atoms with Gasteiger partial charge in [0.25, 0.3) is 0 Å². The van der Waals surface area contributed by atoms with Gasteiger partial charge in [-0.25, -0.2) is 4.98 Å². The molecule has 0 saturated carbocycles. The number of aromatic nitrogens is 1. The summed E-state index contributed by atoms with van der Waals surface area (Å²) in [6.45, 7) is 4.34. The summed E-state index contributed by atoms with van der Waals surface area (Å²) in [4.78, 5) is 6.89. The van der Waals surface area contributed by atoms with Gasteiger partial charge >= 0.3 is 0 Å². The van der Waals surface area contributed by atoms with Crippen LogP contribution in [0, 0.1) is 6.92 Å². The summed E-state index contributed by atoms with van der Waals surface area (Å²) in [5, 5.41) is 3.28. The first-order valence-electron chi connectivity index (χ1n) is 7.41. The van der Waals surface area contributed by atoms with Crippen LogP contribution >= 0.6 is 22.9 Å². The molecule has 2 nitrogen and oxygen atoms in total. The van der Waals surface area contributed by atoms with E-state index in [0.29, 0.717) is 5.88 Å². The fraction of sp³-hybridized carbons (Fsp3) is 0.471. The molecule has 0 spiro atoms. The molecule has 0 aliphatic heterocycles. The van der Waals surface area contributed by atoms with Crippen molar-refractivity contribution in [3.05, 3.63) is 51.5 Å². The fourth-order valence-electron chi connectivity index (χ4n) is 2.34. The third kappa shape index (κ3) is 5.42. The highest BCUT2D eigenvalue weighted by atomic mass is 35.5. The highest BCUT2D eigenvalue weighted by Crippen LogP contribution is 2.15. The minimum Gasteiger partial charge on any atom is -0.302 e. The number of rotatable bonds is 8. The number of thiazole rings is 1. The molecule has 21 heavy (non-hydrogen) atoms. The summed E-state index contributed by atoms with van der Waals surface area (Å²) >= 11 is 7.50. The van der Waals surface area contributed by atoms with E-state index in [2.05, 4.69) is 53.5 Å². The van der Waals surface area contributed by atoms with E-state index in [9.17, 15) is 0 Å². The molecule has 0 fully saturated rings. The molecule has 2 aromatic rings. The van der Waals surface area contributed by atoms with Crippen LogP contribution in [-0.2, 0) is 18.8 Å². The van der Waals surface area contributed by atoms with Crippen LogP contribution in [0.4, 0.5) is 0 Å². The number of unbranched alkanes of at least 4 members (excludes halogenated alkanes) is 1. The van der Waals surface area contributed by atoms with Gasteiger partial charge in [-0.05, 0) is 50.9 Å². The molecule has 0 amide bonds. The molecule has 0 N–H and O–H groups in total. The average Bonchev–Trinajstić information content (AvgIpc) is 2.94. The molecular weight excluding hydrogens is 300 g/mol. The van der Waals surface area contributed by atoms with Gasteiger partial charge in [0, 0.05) is 11.9 Å². The second kappa shape index (κ2) is 8.52. The molecule has 0 bridgehead atoms. The highest BCUT2D eigenvalue weighted by molar-refractivity contribution is 7.09. The van der Waals surface area contributed by atoms with E-state index in [4.69, 9.17) is 11.6 Å². The Kier molecular flexibility index (Phi) is 6.68. The average molecular weight is 323 g/mol. The quantitative estimate of drug-likeness (QED) is 0.519. The van der Waals surface area contributed by atoms with Crippen molar-refractivity contribution in [3.8, 4) is 0 Å². The summed E-state index contributed by atoms with van der Waals surface area (Å²) in [5.41, 5.74) is 3.81. The Morgan fingerprint density at radius 3 is 2.76 bits per heavy atom. The van der Waals surface area contributed by atoms with E-state index in [1.807, 2.05) is 0 Å². The van der Waals surface area contributed by atoms with Gasteiger partial charge in [-0.15, -0.1) is 22.9 Å². The lowest BCUT2D eigenvalue weighted by molar-refractivity contribution is 0.318. The molecular formula is C17H23ClN2S. The number of alkyl halides is 1. The lowest BCUT2D eigenvalue weighted by Crippen LogP contribution is -2.19. The minimum atomic E-state index is 0.523. The molecule has 0 aliphatic carbocycles. The van der Waals surface area contributed by atoms with E-state index < -0.39 is 0 Å². The van der Waals surface area contributed by atoms with E-state index in [0.717, 1.165) is 25.2 Å². The Morgan fingerprint density at radius 2 is 2.05 bits per heavy atom. The Labute approximate surface area is 136 Å². The van der Waals surface area contributed by atoms with Crippen LogP contribution in [-0.4, -0.2) is 23.5 Å². The molecule has 0 aliphatic rings. The number of nitrogens with zero attached hydrogens (tertiary/aromatic N) is 2. The molecule has 0 atom stereocenters. The van der Waals surface area contributed by atoms with Crippen molar-refractivity contribution in [1.82, 2.24) is 9.88 Å². The predicted octanol–water partition coefficient (Wildman–Crippen LogP) is 4.65. The monoisotopic (exact) mass is 322 g/mol. The predicted molar refractivity (Wildman–Crippen MR) is 92.1 cm³/mol. The number of aryl methyl sites for hydroxylation is 2. The standard InChI is InChI=1S/C17H23ClN2S/c1-14-7-3-4-8-15(14)12-20(2)10-6-5-9-17-19-16(11-18)13-21-17/h3-4,7-8,13H,5-6,9-12H2,1-2H3. The van der Waals surface area contributed by atoms with Gasteiger partial charge in [0.05, 0.1) is 16.6 Å². The Balaban J connectivity index is 1.67. The Morgan fingerprint density at radius 1 is 1.24 bits per heavy atom. The normalized spacial score (nSPS) is 11.2. The Bertz CT molecular complexity index is 553. The summed E-state index contributed by atoms with van der Waals surface area (Å²) in [6, 6.07) is 8.62. The minimum absolute atomic E-state index is 0.523. The fourth-order valence-corrected chi connectivity index (χ4v) is 3.41. The molecule has 1 aromatic carbocycles. The van der Waals surface area contributed by atoms with Gasteiger partial charge in [0.2, 0.25) is 0 Å². The molecule has 1 heterocycles. The molecule has 2 rings (SSSR count). The van der Waals surface area contributed by atoms with Crippen molar-refractivity contribution < 1.29 is 0 Å². The third-order valence-electron chi connectivity index (χ3n) is 3.62. The van der Waals surface area contributed by atoms with Crippen molar-refractivity contribution in [3.63, 3.8) is 0 Å². The zero-order chi connectivity index (χ0) is 15.1. The van der Waals surface area contributed by atoms with Gasteiger partial charge in [0.15, 0.2) is 0 Å². The van der Waals surface area contributed by atoms with E-state index in [1.54, 1.807) is 11.3 Å². The van der Waals surface area contributed by atoms with Crippen LogP contribution in [0.1, 0.15) is 34.7 Å². The van der Waals surface area contributed by atoms with Crippen LogP contribution in [0.15, 0.2) is 29.6 Å². The first-order chi connectivity index (χ1) is 10.2. The Hall–Kier alpha value is -0.900. The van der Waals surface area contributed by atoms with E-state index in [1.165, 1.54) is 29.0 Å². The topological polar surface area (TPSA) is 16.1 Å².